The summed E-state index contributed by atoms with van der Waals surface area (Å²) >= 11 is 0. The molecule has 0 amide bonds. The molecule has 0 saturated heterocycles. The number of aromatic nitrogens is 2. The number of imidazole rings is 1. The standard InChI is InChI=1S/C11H10N2O3/c1-6-2-9-10(16-5-15-9)3-7(6)8-4-12-11(14)13-8/h2-4H,5H2,1H3,(H2,12,13,14). The van der Waals surface area contributed by atoms with E-state index in [1.807, 2.05) is 19.1 Å². The van der Waals surface area contributed by atoms with E-state index in [1.165, 1.54) is 0 Å². The van der Waals surface area contributed by atoms with E-state index in [0.717, 1.165) is 22.6 Å². The summed E-state index contributed by atoms with van der Waals surface area (Å²) in [6.45, 7) is 2.21. The first-order valence-corrected chi connectivity index (χ1v) is 4.92. The first kappa shape index (κ1) is 9.08. The summed E-state index contributed by atoms with van der Waals surface area (Å²) in [6.07, 6.45) is 1.65. The second-order valence-electron chi connectivity index (χ2n) is 3.68. The highest BCUT2D eigenvalue weighted by Gasteiger charge is 2.16. The Morgan fingerprint density at radius 2 is 2.00 bits per heavy atom. The quantitative estimate of drug-likeness (QED) is 0.760. The molecule has 2 aromatic rings. The largest absolute Gasteiger partial charge is 0.454 e. The van der Waals surface area contributed by atoms with Gasteiger partial charge in [-0.05, 0) is 24.6 Å². The molecule has 0 atom stereocenters. The van der Waals surface area contributed by atoms with Crippen LogP contribution in [0.4, 0.5) is 0 Å². The number of benzene rings is 1. The normalized spacial score (nSPS) is 13.1. The molecule has 1 aromatic heterocycles. The fourth-order valence-corrected chi connectivity index (χ4v) is 1.81. The van der Waals surface area contributed by atoms with Gasteiger partial charge in [-0.15, -0.1) is 0 Å². The highest BCUT2D eigenvalue weighted by Crippen LogP contribution is 2.37. The Morgan fingerprint density at radius 1 is 1.25 bits per heavy atom. The van der Waals surface area contributed by atoms with Crippen molar-refractivity contribution in [2.75, 3.05) is 6.79 Å². The topological polar surface area (TPSA) is 67.1 Å². The predicted octanol–water partition coefficient (Wildman–Crippen LogP) is 1.41. The number of aryl methyl sites for hydroxylation is 1. The third-order valence-corrected chi connectivity index (χ3v) is 2.61. The summed E-state index contributed by atoms with van der Waals surface area (Å²) in [5, 5.41) is 0. The summed E-state index contributed by atoms with van der Waals surface area (Å²) in [4.78, 5) is 16.3. The van der Waals surface area contributed by atoms with Crippen LogP contribution in [0.1, 0.15) is 5.56 Å². The zero-order valence-electron chi connectivity index (χ0n) is 8.66. The Hall–Kier alpha value is -2.17. The van der Waals surface area contributed by atoms with Crippen molar-refractivity contribution in [3.63, 3.8) is 0 Å². The second kappa shape index (κ2) is 3.16. The van der Waals surface area contributed by atoms with Crippen molar-refractivity contribution >= 4 is 0 Å². The molecule has 1 aromatic carbocycles. The molecule has 0 saturated carbocycles. The Kier molecular flexibility index (Phi) is 1.80. The van der Waals surface area contributed by atoms with Crippen molar-refractivity contribution in [3.8, 4) is 22.8 Å². The van der Waals surface area contributed by atoms with Crippen LogP contribution >= 0.6 is 0 Å². The molecule has 0 spiro atoms. The van der Waals surface area contributed by atoms with E-state index in [9.17, 15) is 4.79 Å². The summed E-state index contributed by atoms with van der Waals surface area (Å²) in [5.41, 5.74) is 2.50. The molecule has 0 fully saturated rings. The summed E-state index contributed by atoms with van der Waals surface area (Å²) < 4.78 is 10.6. The fourth-order valence-electron chi connectivity index (χ4n) is 1.81. The third kappa shape index (κ3) is 1.29. The summed E-state index contributed by atoms with van der Waals surface area (Å²) in [5.74, 6) is 1.46. The molecule has 0 unspecified atom stereocenters. The van der Waals surface area contributed by atoms with Gasteiger partial charge >= 0.3 is 5.69 Å². The van der Waals surface area contributed by atoms with Crippen LogP contribution in [0.3, 0.4) is 0 Å². The Labute approximate surface area is 91.0 Å². The number of hydrogen-bond acceptors (Lipinski definition) is 3. The maximum absolute atomic E-state index is 11.0. The van der Waals surface area contributed by atoms with Crippen LogP contribution in [0, 0.1) is 6.92 Å². The number of hydrogen-bond donors (Lipinski definition) is 2. The van der Waals surface area contributed by atoms with Gasteiger partial charge in [0.25, 0.3) is 0 Å². The van der Waals surface area contributed by atoms with Gasteiger partial charge in [0, 0.05) is 11.8 Å². The molecule has 0 radical (unpaired) electrons. The second-order valence-corrected chi connectivity index (χ2v) is 3.68. The first-order valence-electron chi connectivity index (χ1n) is 4.92. The molecular weight excluding hydrogens is 208 g/mol. The van der Waals surface area contributed by atoms with Crippen molar-refractivity contribution in [1.82, 2.24) is 9.97 Å². The molecule has 5 heteroatoms. The SMILES string of the molecule is Cc1cc2c(cc1-c1c[nH]c(=O)[nH]1)OCO2. The Balaban J connectivity index is 2.18. The lowest BCUT2D eigenvalue weighted by Gasteiger charge is -2.04. The van der Waals surface area contributed by atoms with Crippen LogP contribution in [-0.4, -0.2) is 16.8 Å². The monoisotopic (exact) mass is 218 g/mol. The van der Waals surface area contributed by atoms with Crippen LogP contribution in [0.25, 0.3) is 11.3 Å². The first-order chi connectivity index (χ1) is 7.74. The van der Waals surface area contributed by atoms with Crippen molar-refractivity contribution < 1.29 is 9.47 Å². The van der Waals surface area contributed by atoms with Gasteiger partial charge in [-0.3, -0.25) is 0 Å². The number of fused-ring (bicyclic) bond motifs is 1. The average Bonchev–Trinajstić information content (AvgIpc) is 2.84. The lowest BCUT2D eigenvalue weighted by Crippen LogP contribution is -2.00. The van der Waals surface area contributed by atoms with Gasteiger partial charge in [0.05, 0.1) is 5.69 Å². The van der Waals surface area contributed by atoms with Gasteiger partial charge < -0.3 is 19.4 Å². The van der Waals surface area contributed by atoms with Crippen LogP contribution in [0.5, 0.6) is 11.5 Å². The Bertz CT molecular complexity index is 598. The predicted molar refractivity (Wildman–Crippen MR) is 57.7 cm³/mol. The van der Waals surface area contributed by atoms with Crippen LogP contribution in [0.15, 0.2) is 23.1 Å². The maximum atomic E-state index is 11.0. The lowest BCUT2D eigenvalue weighted by atomic mass is 10.1. The van der Waals surface area contributed by atoms with Gasteiger partial charge in [0.2, 0.25) is 6.79 Å². The van der Waals surface area contributed by atoms with Crippen molar-refractivity contribution in [1.29, 1.82) is 0 Å². The van der Waals surface area contributed by atoms with Crippen LogP contribution in [-0.2, 0) is 0 Å². The van der Waals surface area contributed by atoms with E-state index in [2.05, 4.69) is 9.97 Å². The number of ether oxygens (including phenoxy) is 2. The summed E-state index contributed by atoms with van der Waals surface area (Å²) in [6, 6.07) is 3.78. The van der Waals surface area contributed by atoms with E-state index in [1.54, 1.807) is 6.20 Å². The molecule has 82 valence electrons. The summed E-state index contributed by atoms with van der Waals surface area (Å²) in [7, 11) is 0. The van der Waals surface area contributed by atoms with Gasteiger partial charge in [0.15, 0.2) is 11.5 Å². The number of aromatic amines is 2. The molecule has 2 heterocycles. The van der Waals surface area contributed by atoms with Crippen molar-refractivity contribution in [2.24, 2.45) is 0 Å². The molecule has 16 heavy (non-hydrogen) atoms. The van der Waals surface area contributed by atoms with E-state index in [-0.39, 0.29) is 12.5 Å². The number of H-pyrrole nitrogens is 2. The molecular formula is C11H10N2O3. The third-order valence-electron chi connectivity index (χ3n) is 2.61. The van der Waals surface area contributed by atoms with E-state index >= 15 is 0 Å². The molecule has 1 aliphatic rings. The molecule has 3 rings (SSSR count). The van der Waals surface area contributed by atoms with Gasteiger partial charge in [-0.2, -0.15) is 0 Å². The lowest BCUT2D eigenvalue weighted by molar-refractivity contribution is 0.174. The highest BCUT2D eigenvalue weighted by atomic mass is 16.7. The van der Waals surface area contributed by atoms with Gasteiger partial charge in [-0.25, -0.2) is 4.79 Å². The number of rotatable bonds is 1. The minimum Gasteiger partial charge on any atom is -0.454 e. The Morgan fingerprint density at radius 3 is 2.69 bits per heavy atom. The maximum Gasteiger partial charge on any atom is 0.323 e. The van der Waals surface area contributed by atoms with Crippen LogP contribution < -0.4 is 15.2 Å². The molecule has 0 aliphatic carbocycles. The van der Waals surface area contributed by atoms with Crippen LogP contribution in [0.2, 0.25) is 0 Å². The minimum absolute atomic E-state index is 0.216. The minimum atomic E-state index is -0.216. The van der Waals surface area contributed by atoms with E-state index in [0.29, 0.717) is 5.75 Å². The molecule has 5 nitrogen and oxygen atoms in total. The van der Waals surface area contributed by atoms with Gasteiger partial charge in [0.1, 0.15) is 0 Å². The smallest absolute Gasteiger partial charge is 0.323 e. The van der Waals surface area contributed by atoms with Crippen molar-refractivity contribution in [2.45, 2.75) is 6.92 Å². The van der Waals surface area contributed by atoms with E-state index < -0.39 is 0 Å². The van der Waals surface area contributed by atoms with Gasteiger partial charge in [-0.1, -0.05) is 0 Å². The molecule has 1 aliphatic heterocycles. The zero-order valence-corrected chi connectivity index (χ0v) is 8.66. The fraction of sp³-hybridized carbons (Fsp3) is 0.182. The highest BCUT2D eigenvalue weighted by molar-refractivity contribution is 5.68. The molecule has 2 N–H and O–H groups in total. The van der Waals surface area contributed by atoms with Crippen molar-refractivity contribution in [3.05, 3.63) is 34.4 Å². The zero-order chi connectivity index (χ0) is 11.1. The number of nitrogens with one attached hydrogen (secondary N) is 2. The average molecular weight is 218 g/mol. The van der Waals surface area contributed by atoms with E-state index in [4.69, 9.17) is 9.47 Å². The molecule has 0 bridgehead atoms.